The Kier molecular flexibility index (Phi) is 4.77. The molecule has 1 amide bonds. The first kappa shape index (κ1) is 15.3. The van der Waals surface area contributed by atoms with Gasteiger partial charge in [-0.3, -0.25) is 4.79 Å². The number of rotatable bonds is 4. The van der Waals surface area contributed by atoms with Gasteiger partial charge < -0.3 is 10.4 Å². The fourth-order valence-electron chi connectivity index (χ4n) is 1.31. The Labute approximate surface area is 111 Å². The Morgan fingerprint density at radius 2 is 1.89 bits per heavy atom. The summed E-state index contributed by atoms with van der Waals surface area (Å²) in [5.74, 6) is -2.74. The molecular formula is C11H9ClF3NO3. The molecule has 0 spiro atoms. The van der Waals surface area contributed by atoms with Crippen LogP contribution in [0.25, 0.3) is 0 Å². The number of alkyl halides is 3. The standard InChI is InChI=1S/C11H9ClF3NO3/c12-7-4-2-1-3-6(7)9(17)16-8(10(18)19)5-11(13,14)15/h1-4,8H,5H2,(H,16,17)(H,18,19). The van der Waals surface area contributed by atoms with Crippen LogP contribution in [0.15, 0.2) is 24.3 Å². The van der Waals surface area contributed by atoms with Gasteiger partial charge in [0.15, 0.2) is 0 Å². The number of hydrogen-bond acceptors (Lipinski definition) is 2. The molecule has 0 saturated carbocycles. The van der Waals surface area contributed by atoms with Crippen molar-refractivity contribution in [2.45, 2.75) is 18.6 Å². The Morgan fingerprint density at radius 1 is 1.32 bits per heavy atom. The zero-order chi connectivity index (χ0) is 14.6. The number of benzene rings is 1. The molecule has 0 bridgehead atoms. The molecule has 1 rings (SSSR count). The van der Waals surface area contributed by atoms with Gasteiger partial charge in [0.05, 0.1) is 17.0 Å². The molecule has 1 atom stereocenters. The lowest BCUT2D eigenvalue weighted by Crippen LogP contribution is -2.43. The third-order valence-corrected chi connectivity index (χ3v) is 2.49. The first-order valence-corrected chi connectivity index (χ1v) is 5.43. The van der Waals surface area contributed by atoms with Crippen LogP contribution in [-0.2, 0) is 4.79 Å². The molecule has 0 aromatic heterocycles. The maximum Gasteiger partial charge on any atom is 0.391 e. The quantitative estimate of drug-likeness (QED) is 0.897. The van der Waals surface area contributed by atoms with Crippen molar-refractivity contribution in [2.75, 3.05) is 0 Å². The molecule has 0 aliphatic heterocycles. The largest absolute Gasteiger partial charge is 0.480 e. The molecule has 0 saturated heterocycles. The first-order chi connectivity index (χ1) is 8.70. The highest BCUT2D eigenvalue weighted by atomic mass is 35.5. The van der Waals surface area contributed by atoms with Crippen LogP contribution in [0.5, 0.6) is 0 Å². The summed E-state index contributed by atoms with van der Waals surface area (Å²) in [4.78, 5) is 22.3. The van der Waals surface area contributed by atoms with Crippen molar-refractivity contribution < 1.29 is 27.9 Å². The van der Waals surface area contributed by atoms with Gasteiger partial charge in [-0.05, 0) is 12.1 Å². The summed E-state index contributed by atoms with van der Waals surface area (Å²) < 4.78 is 36.5. The van der Waals surface area contributed by atoms with Gasteiger partial charge in [0.2, 0.25) is 0 Å². The van der Waals surface area contributed by atoms with Gasteiger partial charge in [-0.2, -0.15) is 13.2 Å². The zero-order valence-corrected chi connectivity index (χ0v) is 10.1. The van der Waals surface area contributed by atoms with Crippen LogP contribution in [-0.4, -0.2) is 29.2 Å². The monoisotopic (exact) mass is 295 g/mol. The van der Waals surface area contributed by atoms with Crippen LogP contribution in [0, 0.1) is 0 Å². The summed E-state index contributed by atoms with van der Waals surface area (Å²) in [6.45, 7) is 0. The third-order valence-electron chi connectivity index (χ3n) is 2.16. The summed E-state index contributed by atoms with van der Waals surface area (Å²) in [5, 5.41) is 10.5. The zero-order valence-electron chi connectivity index (χ0n) is 9.37. The second kappa shape index (κ2) is 5.92. The maximum absolute atomic E-state index is 12.2. The van der Waals surface area contributed by atoms with E-state index in [1.807, 2.05) is 0 Å². The van der Waals surface area contributed by atoms with Crippen molar-refractivity contribution in [3.05, 3.63) is 34.9 Å². The Balaban J connectivity index is 2.83. The smallest absolute Gasteiger partial charge is 0.391 e. The number of amides is 1. The van der Waals surface area contributed by atoms with Gasteiger partial charge in [0.25, 0.3) is 5.91 Å². The minimum Gasteiger partial charge on any atom is -0.480 e. The molecule has 0 aliphatic rings. The van der Waals surface area contributed by atoms with Crippen LogP contribution >= 0.6 is 11.6 Å². The maximum atomic E-state index is 12.2. The molecule has 0 aliphatic carbocycles. The van der Waals surface area contributed by atoms with Crippen molar-refractivity contribution >= 4 is 23.5 Å². The van der Waals surface area contributed by atoms with Gasteiger partial charge in [-0.25, -0.2) is 4.79 Å². The van der Waals surface area contributed by atoms with Crippen molar-refractivity contribution in [3.63, 3.8) is 0 Å². The Hall–Kier alpha value is -1.76. The SMILES string of the molecule is O=C(NC(CC(F)(F)F)C(=O)O)c1ccccc1Cl. The number of carbonyl (C=O) groups excluding carboxylic acids is 1. The highest BCUT2D eigenvalue weighted by molar-refractivity contribution is 6.33. The first-order valence-electron chi connectivity index (χ1n) is 5.05. The summed E-state index contributed by atoms with van der Waals surface area (Å²) in [5.41, 5.74) is -0.0856. The average molecular weight is 296 g/mol. The van der Waals surface area contributed by atoms with Gasteiger partial charge in [-0.15, -0.1) is 0 Å². The lowest BCUT2D eigenvalue weighted by Gasteiger charge is -2.16. The Morgan fingerprint density at radius 3 is 2.37 bits per heavy atom. The summed E-state index contributed by atoms with van der Waals surface area (Å²) >= 11 is 5.68. The molecule has 1 unspecified atom stereocenters. The second-order valence-electron chi connectivity index (χ2n) is 3.66. The average Bonchev–Trinajstić information content (AvgIpc) is 2.26. The molecule has 104 valence electrons. The van der Waals surface area contributed by atoms with E-state index in [-0.39, 0.29) is 10.6 Å². The molecule has 0 heterocycles. The van der Waals surface area contributed by atoms with E-state index >= 15 is 0 Å². The number of carboxylic acids is 1. The van der Waals surface area contributed by atoms with E-state index in [1.165, 1.54) is 24.3 Å². The van der Waals surface area contributed by atoms with Crippen LogP contribution in [0.1, 0.15) is 16.8 Å². The van der Waals surface area contributed by atoms with E-state index in [0.717, 1.165) is 0 Å². The van der Waals surface area contributed by atoms with E-state index in [2.05, 4.69) is 0 Å². The highest BCUT2D eigenvalue weighted by Crippen LogP contribution is 2.22. The molecule has 2 N–H and O–H groups in total. The molecule has 0 fully saturated rings. The van der Waals surface area contributed by atoms with Crippen molar-refractivity contribution in [3.8, 4) is 0 Å². The van der Waals surface area contributed by atoms with Crippen LogP contribution in [0.3, 0.4) is 0 Å². The topological polar surface area (TPSA) is 66.4 Å². The Bertz CT molecular complexity index is 490. The number of halogens is 4. The molecule has 19 heavy (non-hydrogen) atoms. The number of aliphatic carboxylic acids is 1. The van der Waals surface area contributed by atoms with Crippen molar-refractivity contribution in [2.24, 2.45) is 0 Å². The number of nitrogens with one attached hydrogen (secondary N) is 1. The van der Waals surface area contributed by atoms with Crippen LogP contribution in [0.4, 0.5) is 13.2 Å². The highest BCUT2D eigenvalue weighted by Gasteiger charge is 2.36. The van der Waals surface area contributed by atoms with Crippen molar-refractivity contribution in [1.82, 2.24) is 5.32 Å². The van der Waals surface area contributed by atoms with Crippen LogP contribution in [0.2, 0.25) is 5.02 Å². The van der Waals surface area contributed by atoms with E-state index in [4.69, 9.17) is 16.7 Å². The van der Waals surface area contributed by atoms with Gasteiger partial charge in [0.1, 0.15) is 6.04 Å². The predicted molar refractivity (Wildman–Crippen MR) is 61.0 cm³/mol. The van der Waals surface area contributed by atoms with E-state index in [9.17, 15) is 22.8 Å². The molecule has 1 aromatic rings. The molecule has 4 nitrogen and oxygen atoms in total. The molecular weight excluding hydrogens is 287 g/mol. The van der Waals surface area contributed by atoms with Gasteiger partial charge in [0, 0.05) is 0 Å². The summed E-state index contributed by atoms with van der Waals surface area (Å²) in [6.07, 6.45) is -6.35. The number of carboxylic acid groups (broad SMARTS) is 1. The van der Waals surface area contributed by atoms with Gasteiger partial charge >= 0.3 is 12.1 Å². The van der Waals surface area contributed by atoms with Gasteiger partial charge in [-0.1, -0.05) is 23.7 Å². The minimum atomic E-state index is -4.70. The number of hydrogen-bond donors (Lipinski definition) is 2. The summed E-state index contributed by atoms with van der Waals surface area (Å²) in [6, 6.07) is 3.59. The third kappa shape index (κ3) is 4.78. The normalized spacial score (nSPS) is 12.8. The lowest BCUT2D eigenvalue weighted by molar-refractivity contribution is -0.157. The second-order valence-corrected chi connectivity index (χ2v) is 4.07. The van der Waals surface area contributed by atoms with Crippen molar-refractivity contribution in [1.29, 1.82) is 0 Å². The fourth-order valence-corrected chi connectivity index (χ4v) is 1.53. The molecule has 0 radical (unpaired) electrons. The van der Waals surface area contributed by atoms with E-state index < -0.39 is 30.5 Å². The molecule has 1 aromatic carbocycles. The lowest BCUT2D eigenvalue weighted by atomic mass is 10.1. The van der Waals surface area contributed by atoms with E-state index in [0.29, 0.717) is 0 Å². The minimum absolute atomic E-state index is 0.0242. The fraction of sp³-hybridized carbons (Fsp3) is 0.273. The van der Waals surface area contributed by atoms with E-state index in [1.54, 1.807) is 5.32 Å². The van der Waals surface area contributed by atoms with Crippen LogP contribution < -0.4 is 5.32 Å². The molecule has 8 heteroatoms. The summed E-state index contributed by atoms with van der Waals surface area (Å²) in [7, 11) is 0. The predicted octanol–water partition coefficient (Wildman–Crippen LogP) is 2.48. The number of carbonyl (C=O) groups is 2.